The second kappa shape index (κ2) is 7.50. The van der Waals surface area contributed by atoms with Crippen molar-refractivity contribution in [2.24, 2.45) is 5.92 Å². The number of imide groups is 1. The number of hydrogen-bond donors (Lipinski definition) is 2. The van der Waals surface area contributed by atoms with Gasteiger partial charge in [-0.25, -0.2) is 0 Å². The van der Waals surface area contributed by atoms with Gasteiger partial charge >= 0.3 is 0 Å². The number of ether oxygens (including phenoxy) is 3. The third kappa shape index (κ3) is 2.96. The third-order valence-corrected chi connectivity index (χ3v) is 5.88. The van der Waals surface area contributed by atoms with E-state index in [1.807, 2.05) is 24.3 Å². The fourth-order valence-corrected chi connectivity index (χ4v) is 4.57. The van der Waals surface area contributed by atoms with Gasteiger partial charge in [0.05, 0.1) is 17.8 Å². The predicted octanol–water partition coefficient (Wildman–Crippen LogP) is 2.03. The van der Waals surface area contributed by atoms with E-state index in [0.717, 1.165) is 16.5 Å². The molecule has 1 fully saturated rings. The smallest absolute Gasteiger partial charge is 0.259 e. The van der Waals surface area contributed by atoms with Crippen molar-refractivity contribution in [1.82, 2.24) is 10.3 Å². The van der Waals surface area contributed by atoms with Crippen LogP contribution in [0.2, 0.25) is 0 Å². The molecule has 2 atom stereocenters. The largest absolute Gasteiger partial charge is 0.379 e. The van der Waals surface area contributed by atoms with Gasteiger partial charge in [0.1, 0.15) is 6.10 Å². The van der Waals surface area contributed by atoms with Crippen molar-refractivity contribution in [1.29, 1.82) is 0 Å². The quantitative estimate of drug-likeness (QED) is 0.770. The van der Waals surface area contributed by atoms with Gasteiger partial charge in [0.15, 0.2) is 0 Å². The summed E-state index contributed by atoms with van der Waals surface area (Å²) < 4.78 is 16.8. The maximum Gasteiger partial charge on any atom is 0.259 e. The zero-order valence-electron chi connectivity index (χ0n) is 16.2. The lowest BCUT2D eigenvalue weighted by molar-refractivity contribution is -0.138. The first kappa shape index (κ1) is 18.9. The Morgan fingerprint density at radius 2 is 1.61 bits per heavy atom. The van der Waals surface area contributed by atoms with Gasteiger partial charge in [0, 0.05) is 49.6 Å². The number of para-hydroxylation sites is 1. The van der Waals surface area contributed by atoms with Gasteiger partial charge in [-0.15, -0.1) is 0 Å². The van der Waals surface area contributed by atoms with Crippen LogP contribution >= 0.6 is 0 Å². The molecule has 2 aliphatic rings. The lowest BCUT2D eigenvalue weighted by Gasteiger charge is -2.39. The van der Waals surface area contributed by atoms with Gasteiger partial charge in [-0.1, -0.05) is 18.2 Å². The van der Waals surface area contributed by atoms with Crippen LogP contribution in [0.15, 0.2) is 36.0 Å². The summed E-state index contributed by atoms with van der Waals surface area (Å²) in [4.78, 5) is 28.7. The number of nitrogens with one attached hydrogen (secondary N) is 2. The molecule has 0 spiro atoms. The number of H-pyrrole nitrogens is 1. The van der Waals surface area contributed by atoms with E-state index >= 15 is 0 Å². The van der Waals surface area contributed by atoms with Crippen LogP contribution in [-0.4, -0.2) is 56.4 Å². The molecule has 2 N–H and O–H groups in total. The van der Waals surface area contributed by atoms with Gasteiger partial charge in [-0.05, 0) is 24.8 Å². The van der Waals surface area contributed by atoms with Gasteiger partial charge in [-0.3, -0.25) is 14.9 Å². The molecular formula is C21H24N2O5. The number of fused-ring (bicyclic) bond motifs is 1. The van der Waals surface area contributed by atoms with Crippen molar-refractivity contribution in [2.75, 3.05) is 21.3 Å². The Kier molecular flexibility index (Phi) is 5.05. The summed E-state index contributed by atoms with van der Waals surface area (Å²) in [6.45, 7) is 0. The third-order valence-electron chi connectivity index (χ3n) is 5.88. The minimum Gasteiger partial charge on any atom is -0.379 e. The van der Waals surface area contributed by atoms with Crippen LogP contribution in [0, 0.1) is 5.92 Å². The van der Waals surface area contributed by atoms with Crippen molar-refractivity contribution in [2.45, 2.75) is 31.2 Å². The van der Waals surface area contributed by atoms with Crippen LogP contribution in [0.1, 0.15) is 18.4 Å². The number of benzene rings is 1. The SMILES string of the molecule is COC1CC(C2=C(c3c[nH]c4ccccc34)C(=O)NC2=O)CC(OC)C1OC. The minimum atomic E-state index is -0.360. The Balaban J connectivity index is 1.81. The van der Waals surface area contributed by atoms with Crippen molar-refractivity contribution < 1.29 is 23.8 Å². The Bertz CT molecular complexity index is 933. The Morgan fingerprint density at radius 1 is 0.929 bits per heavy atom. The fourth-order valence-electron chi connectivity index (χ4n) is 4.57. The second-order valence-corrected chi connectivity index (χ2v) is 7.24. The molecule has 4 rings (SSSR count). The summed E-state index contributed by atoms with van der Waals surface area (Å²) in [6, 6.07) is 7.73. The molecule has 0 saturated heterocycles. The molecule has 7 heteroatoms. The topological polar surface area (TPSA) is 89.7 Å². The van der Waals surface area contributed by atoms with E-state index in [9.17, 15) is 9.59 Å². The van der Waals surface area contributed by atoms with E-state index in [0.29, 0.717) is 24.0 Å². The van der Waals surface area contributed by atoms with Crippen molar-refractivity contribution >= 4 is 28.3 Å². The van der Waals surface area contributed by atoms with E-state index in [-0.39, 0.29) is 36.0 Å². The number of hydrogen-bond acceptors (Lipinski definition) is 5. The molecular weight excluding hydrogens is 360 g/mol. The van der Waals surface area contributed by atoms with Crippen LogP contribution in [0.3, 0.4) is 0 Å². The predicted molar refractivity (Wildman–Crippen MR) is 103 cm³/mol. The number of carbonyl (C=O) groups is 2. The Morgan fingerprint density at radius 3 is 2.25 bits per heavy atom. The lowest BCUT2D eigenvalue weighted by atomic mass is 9.77. The maximum absolute atomic E-state index is 12.8. The first-order valence-electron chi connectivity index (χ1n) is 9.33. The van der Waals surface area contributed by atoms with Crippen LogP contribution < -0.4 is 5.32 Å². The van der Waals surface area contributed by atoms with Crippen molar-refractivity contribution in [3.8, 4) is 0 Å². The Hall–Kier alpha value is -2.48. The Labute approximate surface area is 163 Å². The van der Waals surface area contributed by atoms with E-state index in [1.54, 1.807) is 27.5 Å². The number of methoxy groups -OCH3 is 3. The zero-order valence-corrected chi connectivity index (χ0v) is 16.2. The van der Waals surface area contributed by atoms with Gasteiger partial charge in [0.25, 0.3) is 11.8 Å². The average molecular weight is 384 g/mol. The zero-order chi connectivity index (χ0) is 19.8. The second-order valence-electron chi connectivity index (χ2n) is 7.24. The molecule has 0 bridgehead atoms. The molecule has 2 amide bonds. The number of carbonyl (C=O) groups excluding carboxylic acids is 2. The van der Waals surface area contributed by atoms with Gasteiger partial charge < -0.3 is 19.2 Å². The molecule has 28 heavy (non-hydrogen) atoms. The lowest BCUT2D eigenvalue weighted by Crippen LogP contribution is -2.48. The number of aromatic amines is 1. The van der Waals surface area contributed by atoms with Crippen LogP contribution in [0.5, 0.6) is 0 Å². The molecule has 2 aromatic rings. The monoisotopic (exact) mass is 384 g/mol. The highest BCUT2D eigenvalue weighted by Crippen LogP contribution is 2.40. The maximum atomic E-state index is 12.8. The molecule has 1 aliphatic heterocycles. The normalized spacial score (nSPS) is 28.2. The summed E-state index contributed by atoms with van der Waals surface area (Å²) >= 11 is 0. The van der Waals surface area contributed by atoms with Crippen LogP contribution in [0.4, 0.5) is 0 Å². The summed E-state index contributed by atoms with van der Waals surface area (Å²) in [5.74, 6) is -0.867. The van der Waals surface area contributed by atoms with Gasteiger partial charge in [0.2, 0.25) is 0 Å². The summed E-state index contributed by atoms with van der Waals surface area (Å²) in [6.07, 6.45) is 2.28. The highest BCUT2D eigenvalue weighted by Gasteiger charge is 2.45. The molecule has 1 aromatic heterocycles. The number of amides is 2. The van der Waals surface area contributed by atoms with Gasteiger partial charge in [-0.2, -0.15) is 0 Å². The minimum absolute atomic E-state index is 0.170. The standard InChI is InChI=1S/C21H24N2O5/c1-26-15-8-11(9-16(27-2)19(15)28-3)17-18(21(25)23-20(17)24)13-10-22-14-7-5-4-6-12(13)14/h4-7,10-11,15-16,19,22H,8-9H2,1-3H3,(H,23,24,25). The van der Waals surface area contributed by atoms with Crippen LogP contribution in [0.25, 0.3) is 16.5 Å². The first-order valence-corrected chi connectivity index (χ1v) is 9.33. The molecule has 1 aliphatic carbocycles. The van der Waals surface area contributed by atoms with Crippen molar-refractivity contribution in [3.63, 3.8) is 0 Å². The molecule has 148 valence electrons. The highest BCUT2D eigenvalue weighted by molar-refractivity contribution is 6.37. The molecule has 2 unspecified atom stereocenters. The number of aromatic nitrogens is 1. The van der Waals surface area contributed by atoms with Crippen LogP contribution in [-0.2, 0) is 23.8 Å². The highest BCUT2D eigenvalue weighted by atomic mass is 16.6. The number of rotatable bonds is 5. The summed E-state index contributed by atoms with van der Waals surface area (Å²) in [5.41, 5.74) is 2.61. The average Bonchev–Trinajstić information content (AvgIpc) is 3.26. The molecule has 2 heterocycles. The molecule has 1 saturated carbocycles. The molecule has 1 aromatic carbocycles. The van der Waals surface area contributed by atoms with E-state index in [4.69, 9.17) is 14.2 Å². The summed E-state index contributed by atoms with van der Waals surface area (Å²) in [7, 11) is 4.88. The molecule has 0 radical (unpaired) electrons. The van der Waals surface area contributed by atoms with Crippen molar-refractivity contribution in [3.05, 3.63) is 41.6 Å². The summed E-state index contributed by atoms with van der Waals surface area (Å²) in [5, 5.41) is 3.39. The first-order chi connectivity index (χ1) is 13.6. The molecule has 7 nitrogen and oxygen atoms in total. The van der Waals surface area contributed by atoms with E-state index in [2.05, 4.69) is 10.3 Å². The fraction of sp³-hybridized carbons (Fsp3) is 0.429. The van der Waals surface area contributed by atoms with E-state index < -0.39 is 0 Å². The van der Waals surface area contributed by atoms with E-state index in [1.165, 1.54) is 0 Å².